The second-order valence-corrected chi connectivity index (χ2v) is 5.08. The van der Waals surface area contributed by atoms with E-state index in [1.54, 1.807) is 7.11 Å². The van der Waals surface area contributed by atoms with E-state index in [0.717, 1.165) is 22.7 Å². The predicted octanol–water partition coefficient (Wildman–Crippen LogP) is 4.47. The molecule has 2 rings (SSSR count). The Kier molecular flexibility index (Phi) is 4.82. The minimum Gasteiger partial charge on any atom is -0.495 e. The number of hydrogen-bond donors (Lipinski definition) is 2. The van der Waals surface area contributed by atoms with Gasteiger partial charge in [0, 0.05) is 10.7 Å². The van der Waals surface area contributed by atoms with Gasteiger partial charge in [-0.1, -0.05) is 29.8 Å². The van der Waals surface area contributed by atoms with Gasteiger partial charge < -0.3 is 15.4 Å². The normalized spacial score (nSPS) is 9.95. The number of aryl methyl sites for hydroxylation is 1. The SMILES string of the molecule is COc1ccccc1NC(=S)Nc1cc(Cl)ccc1C. The third kappa shape index (κ3) is 3.62. The lowest BCUT2D eigenvalue weighted by molar-refractivity contribution is 0.417. The van der Waals surface area contributed by atoms with E-state index >= 15 is 0 Å². The molecule has 0 fully saturated rings. The maximum absolute atomic E-state index is 5.98. The van der Waals surface area contributed by atoms with Crippen LogP contribution in [0.5, 0.6) is 5.75 Å². The molecule has 0 atom stereocenters. The van der Waals surface area contributed by atoms with Gasteiger partial charge >= 0.3 is 0 Å². The van der Waals surface area contributed by atoms with Crippen molar-refractivity contribution >= 4 is 40.3 Å². The van der Waals surface area contributed by atoms with Crippen LogP contribution in [0.2, 0.25) is 5.02 Å². The molecule has 2 aromatic carbocycles. The molecule has 0 aliphatic carbocycles. The Morgan fingerprint density at radius 2 is 1.80 bits per heavy atom. The molecule has 2 N–H and O–H groups in total. The van der Waals surface area contributed by atoms with E-state index in [-0.39, 0.29) is 0 Å². The van der Waals surface area contributed by atoms with Gasteiger partial charge in [0.2, 0.25) is 0 Å². The van der Waals surface area contributed by atoms with Gasteiger partial charge in [-0.15, -0.1) is 0 Å². The Hall–Kier alpha value is -1.78. The summed E-state index contributed by atoms with van der Waals surface area (Å²) in [4.78, 5) is 0. The molecule has 0 spiro atoms. The van der Waals surface area contributed by atoms with Crippen LogP contribution in [0.25, 0.3) is 0 Å². The van der Waals surface area contributed by atoms with Gasteiger partial charge in [-0.05, 0) is 49.0 Å². The molecule has 0 aliphatic rings. The highest BCUT2D eigenvalue weighted by atomic mass is 35.5. The molecular formula is C15H15ClN2OS. The molecule has 0 heterocycles. The second kappa shape index (κ2) is 6.59. The van der Waals surface area contributed by atoms with E-state index in [4.69, 9.17) is 28.6 Å². The number of anilines is 2. The lowest BCUT2D eigenvalue weighted by atomic mass is 10.2. The zero-order valence-electron chi connectivity index (χ0n) is 11.2. The smallest absolute Gasteiger partial charge is 0.175 e. The van der Waals surface area contributed by atoms with Crippen LogP contribution < -0.4 is 15.4 Å². The molecule has 0 radical (unpaired) electrons. The monoisotopic (exact) mass is 306 g/mol. The zero-order chi connectivity index (χ0) is 14.5. The molecule has 20 heavy (non-hydrogen) atoms. The molecule has 0 aromatic heterocycles. The topological polar surface area (TPSA) is 33.3 Å². The summed E-state index contributed by atoms with van der Waals surface area (Å²) in [7, 11) is 1.62. The molecule has 0 saturated carbocycles. The van der Waals surface area contributed by atoms with E-state index in [0.29, 0.717) is 10.1 Å². The Morgan fingerprint density at radius 3 is 2.55 bits per heavy atom. The van der Waals surface area contributed by atoms with Gasteiger partial charge in [-0.25, -0.2) is 0 Å². The van der Waals surface area contributed by atoms with E-state index in [1.807, 2.05) is 49.4 Å². The minimum atomic E-state index is 0.486. The van der Waals surface area contributed by atoms with Crippen molar-refractivity contribution in [2.24, 2.45) is 0 Å². The minimum absolute atomic E-state index is 0.486. The van der Waals surface area contributed by atoms with Crippen LogP contribution in [0.4, 0.5) is 11.4 Å². The lowest BCUT2D eigenvalue weighted by Crippen LogP contribution is -2.20. The van der Waals surface area contributed by atoms with Crippen molar-refractivity contribution in [2.45, 2.75) is 6.92 Å². The van der Waals surface area contributed by atoms with E-state index in [9.17, 15) is 0 Å². The highest BCUT2D eigenvalue weighted by molar-refractivity contribution is 7.80. The maximum atomic E-state index is 5.98. The van der Waals surface area contributed by atoms with Gasteiger partial charge in [0.1, 0.15) is 5.75 Å². The second-order valence-electron chi connectivity index (χ2n) is 4.24. The van der Waals surface area contributed by atoms with Crippen LogP contribution in [0.15, 0.2) is 42.5 Å². The summed E-state index contributed by atoms with van der Waals surface area (Å²) in [5.41, 5.74) is 2.76. The van der Waals surface area contributed by atoms with Crippen LogP contribution in [-0.4, -0.2) is 12.2 Å². The summed E-state index contributed by atoms with van der Waals surface area (Å²) < 4.78 is 5.27. The lowest BCUT2D eigenvalue weighted by Gasteiger charge is -2.14. The van der Waals surface area contributed by atoms with Crippen molar-refractivity contribution in [3.05, 3.63) is 53.1 Å². The fraction of sp³-hybridized carbons (Fsp3) is 0.133. The number of ether oxygens (including phenoxy) is 1. The van der Waals surface area contributed by atoms with Crippen LogP contribution in [0, 0.1) is 6.92 Å². The molecule has 0 amide bonds. The highest BCUT2D eigenvalue weighted by Crippen LogP contribution is 2.24. The summed E-state index contributed by atoms with van der Waals surface area (Å²) in [5, 5.41) is 7.39. The molecule has 3 nitrogen and oxygen atoms in total. The number of para-hydroxylation sites is 2. The standard InChI is InChI=1S/C15H15ClN2OS/c1-10-7-8-11(16)9-13(10)18-15(20)17-12-5-3-4-6-14(12)19-2/h3-9H,1-2H3,(H2,17,18,20). The average molecular weight is 307 g/mol. The molecule has 5 heteroatoms. The molecule has 2 aromatic rings. The van der Waals surface area contributed by atoms with E-state index < -0.39 is 0 Å². The molecule has 0 aliphatic heterocycles. The first-order valence-electron chi connectivity index (χ1n) is 6.07. The fourth-order valence-electron chi connectivity index (χ4n) is 1.75. The fourth-order valence-corrected chi connectivity index (χ4v) is 2.14. The van der Waals surface area contributed by atoms with Crippen LogP contribution in [0.1, 0.15) is 5.56 Å². The van der Waals surface area contributed by atoms with E-state index in [1.165, 1.54) is 0 Å². The van der Waals surface area contributed by atoms with Crippen molar-refractivity contribution < 1.29 is 4.74 Å². The van der Waals surface area contributed by atoms with Crippen LogP contribution in [0.3, 0.4) is 0 Å². The van der Waals surface area contributed by atoms with Crippen LogP contribution >= 0.6 is 23.8 Å². The molecular weight excluding hydrogens is 292 g/mol. The quantitative estimate of drug-likeness (QED) is 0.820. The number of thiocarbonyl (C=S) groups is 1. The molecule has 0 bridgehead atoms. The van der Waals surface area contributed by atoms with Gasteiger partial charge in [-0.2, -0.15) is 0 Å². The first kappa shape index (κ1) is 14.6. The largest absolute Gasteiger partial charge is 0.495 e. The zero-order valence-corrected chi connectivity index (χ0v) is 12.8. The Labute approximate surface area is 128 Å². The molecule has 104 valence electrons. The van der Waals surface area contributed by atoms with Gasteiger partial charge in [-0.3, -0.25) is 0 Å². The van der Waals surface area contributed by atoms with Crippen molar-refractivity contribution in [2.75, 3.05) is 17.7 Å². The highest BCUT2D eigenvalue weighted by Gasteiger charge is 2.06. The van der Waals surface area contributed by atoms with Crippen molar-refractivity contribution in [3.8, 4) is 5.75 Å². The average Bonchev–Trinajstić information content (AvgIpc) is 2.43. The van der Waals surface area contributed by atoms with Crippen molar-refractivity contribution in [1.29, 1.82) is 0 Å². The predicted molar refractivity (Wildman–Crippen MR) is 89.0 cm³/mol. The number of hydrogen-bond acceptors (Lipinski definition) is 2. The van der Waals surface area contributed by atoms with Gasteiger partial charge in [0.05, 0.1) is 12.8 Å². The summed E-state index contributed by atoms with van der Waals surface area (Å²) >= 11 is 11.3. The summed E-state index contributed by atoms with van der Waals surface area (Å²) in [5.74, 6) is 0.736. The number of methoxy groups -OCH3 is 1. The Balaban J connectivity index is 2.11. The number of nitrogens with one attached hydrogen (secondary N) is 2. The van der Waals surface area contributed by atoms with Gasteiger partial charge in [0.25, 0.3) is 0 Å². The van der Waals surface area contributed by atoms with Gasteiger partial charge in [0.15, 0.2) is 5.11 Å². The number of benzene rings is 2. The van der Waals surface area contributed by atoms with Crippen molar-refractivity contribution in [3.63, 3.8) is 0 Å². The summed E-state index contributed by atoms with van der Waals surface area (Å²) in [6.07, 6.45) is 0. The van der Waals surface area contributed by atoms with E-state index in [2.05, 4.69) is 10.6 Å². The van der Waals surface area contributed by atoms with Crippen LogP contribution in [-0.2, 0) is 0 Å². The Morgan fingerprint density at radius 1 is 1.10 bits per heavy atom. The first-order chi connectivity index (χ1) is 9.60. The maximum Gasteiger partial charge on any atom is 0.175 e. The summed E-state index contributed by atoms with van der Waals surface area (Å²) in [6.45, 7) is 1.99. The number of halogens is 1. The third-order valence-corrected chi connectivity index (χ3v) is 3.24. The molecule has 0 saturated heterocycles. The third-order valence-electron chi connectivity index (χ3n) is 2.80. The van der Waals surface area contributed by atoms with Crippen molar-refractivity contribution in [1.82, 2.24) is 0 Å². The first-order valence-corrected chi connectivity index (χ1v) is 6.86. The summed E-state index contributed by atoms with van der Waals surface area (Å²) in [6, 6.07) is 13.2. The Bertz CT molecular complexity index is 631. The number of rotatable bonds is 3. The molecule has 0 unspecified atom stereocenters.